The van der Waals surface area contributed by atoms with Crippen molar-refractivity contribution in [1.82, 2.24) is 9.88 Å². The van der Waals surface area contributed by atoms with Crippen molar-refractivity contribution in [3.05, 3.63) is 52.8 Å². The quantitative estimate of drug-likeness (QED) is 0.907. The summed E-state index contributed by atoms with van der Waals surface area (Å²) in [5, 5.41) is 3.67. The van der Waals surface area contributed by atoms with Gasteiger partial charge in [0.15, 0.2) is 0 Å². The number of nitrogens with one attached hydrogen (secondary N) is 1. The summed E-state index contributed by atoms with van der Waals surface area (Å²) >= 11 is 5.99. The van der Waals surface area contributed by atoms with Crippen molar-refractivity contribution in [2.75, 3.05) is 5.73 Å². The van der Waals surface area contributed by atoms with Crippen LogP contribution >= 0.6 is 11.6 Å². The fourth-order valence-electron chi connectivity index (χ4n) is 2.47. The molecule has 5 heteroatoms. The molecule has 4 nitrogen and oxygen atoms in total. The summed E-state index contributed by atoms with van der Waals surface area (Å²) in [5.41, 5.74) is 8.06. The van der Waals surface area contributed by atoms with Crippen LogP contribution in [-0.4, -0.2) is 10.5 Å². The molecule has 0 radical (unpaired) electrons. The van der Waals surface area contributed by atoms with Gasteiger partial charge in [-0.3, -0.25) is 4.79 Å². The van der Waals surface area contributed by atoms with E-state index in [0.29, 0.717) is 22.4 Å². The molecule has 1 fully saturated rings. The van der Waals surface area contributed by atoms with Crippen LogP contribution < -0.4 is 11.1 Å². The second kappa shape index (κ2) is 5.45. The molecule has 1 amide bonds. The van der Waals surface area contributed by atoms with E-state index in [2.05, 4.69) is 5.32 Å². The van der Waals surface area contributed by atoms with Gasteiger partial charge in [-0.1, -0.05) is 23.7 Å². The Morgan fingerprint density at radius 2 is 2.19 bits per heavy atom. The molecule has 1 aromatic carbocycles. The standard InChI is InChI=1S/C16H18ClN3O/c1-10(11-3-2-4-12(17)7-11)19-16(21)15-8-13(18)9-20(15)14-5-6-14/h2-4,7-10,14H,5-6,18H2,1H3,(H,19,21). The number of rotatable bonds is 4. The molecule has 0 bridgehead atoms. The van der Waals surface area contributed by atoms with Crippen molar-refractivity contribution in [2.45, 2.75) is 31.8 Å². The maximum atomic E-state index is 12.5. The van der Waals surface area contributed by atoms with E-state index in [1.165, 1.54) is 0 Å². The first-order chi connectivity index (χ1) is 10.0. The Labute approximate surface area is 128 Å². The van der Waals surface area contributed by atoms with Crippen molar-refractivity contribution < 1.29 is 4.79 Å². The predicted molar refractivity (Wildman–Crippen MR) is 84.4 cm³/mol. The smallest absolute Gasteiger partial charge is 0.268 e. The fourth-order valence-corrected chi connectivity index (χ4v) is 2.67. The number of anilines is 1. The third-order valence-electron chi connectivity index (χ3n) is 3.74. The minimum absolute atomic E-state index is 0.105. The second-order valence-corrected chi connectivity index (χ2v) is 5.98. The van der Waals surface area contributed by atoms with Crippen LogP contribution in [0.4, 0.5) is 5.69 Å². The normalized spacial score (nSPS) is 15.7. The zero-order chi connectivity index (χ0) is 15.0. The molecular formula is C16H18ClN3O. The van der Waals surface area contributed by atoms with E-state index in [0.717, 1.165) is 18.4 Å². The van der Waals surface area contributed by atoms with Crippen molar-refractivity contribution in [2.24, 2.45) is 0 Å². The molecule has 21 heavy (non-hydrogen) atoms. The third kappa shape index (κ3) is 3.05. The van der Waals surface area contributed by atoms with Gasteiger partial charge in [0.25, 0.3) is 5.91 Å². The van der Waals surface area contributed by atoms with Gasteiger partial charge in [-0.15, -0.1) is 0 Å². The van der Waals surface area contributed by atoms with Gasteiger partial charge >= 0.3 is 0 Å². The highest BCUT2D eigenvalue weighted by Crippen LogP contribution is 2.37. The molecule has 3 rings (SSSR count). The summed E-state index contributed by atoms with van der Waals surface area (Å²) in [6.45, 7) is 1.94. The summed E-state index contributed by atoms with van der Waals surface area (Å²) in [6, 6.07) is 9.55. The molecule has 1 saturated carbocycles. The maximum Gasteiger partial charge on any atom is 0.268 e. The number of nitrogens with zero attached hydrogens (tertiary/aromatic N) is 1. The molecule has 0 spiro atoms. The number of aromatic nitrogens is 1. The van der Waals surface area contributed by atoms with E-state index in [4.69, 9.17) is 17.3 Å². The van der Waals surface area contributed by atoms with Gasteiger partial charge in [-0.05, 0) is 43.5 Å². The van der Waals surface area contributed by atoms with Crippen LogP contribution in [0, 0.1) is 0 Å². The average Bonchev–Trinajstić information content (AvgIpc) is 3.21. The summed E-state index contributed by atoms with van der Waals surface area (Å²) in [6.07, 6.45) is 4.06. The Morgan fingerprint density at radius 3 is 2.86 bits per heavy atom. The number of carbonyl (C=O) groups excluding carboxylic acids is 1. The highest BCUT2D eigenvalue weighted by atomic mass is 35.5. The molecule has 3 N–H and O–H groups in total. The van der Waals surface area contributed by atoms with E-state index < -0.39 is 0 Å². The number of carbonyl (C=O) groups is 1. The van der Waals surface area contributed by atoms with Gasteiger partial charge in [0.05, 0.1) is 11.7 Å². The lowest BCUT2D eigenvalue weighted by molar-refractivity contribution is 0.0930. The molecule has 110 valence electrons. The first-order valence-corrected chi connectivity index (χ1v) is 7.46. The Morgan fingerprint density at radius 1 is 1.43 bits per heavy atom. The Balaban J connectivity index is 1.77. The average molecular weight is 304 g/mol. The first kappa shape index (κ1) is 14.0. The molecule has 1 aromatic heterocycles. The van der Waals surface area contributed by atoms with Crippen molar-refractivity contribution in [1.29, 1.82) is 0 Å². The fraction of sp³-hybridized carbons (Fsp3) is 0.312. The first-order valence-electron chi connectivity index (χ1n) is 7.08. The largest absolute Gasteiger partial charge is 0.397 e. The van der Waals surface area contributed by atoms with Crippen LogP contribution in [0.2, 0.25) is 5.02 Å². The Bertz CT molecular complexity index is 676. The summed E-state index contributed by atoms with van der Waals surface area (Å²) in [4.78, 5) is 12.5. The number of halogens is 1. The minimum atomic E-state index is -0.111. The van der Waals surface area contributed by atoms with Gasteiger partial charge in [0.1, 0.15) is 5.69 Å². The molecule has 0 saturated heterocycles. The molecule has 0 aliphatic heterocycles. The highest BCUT2D eigenvalue weighted by Gasteiger charge is 2.28. The van der Waals surface area contributed by atoms with E-state index in [1.54, 1.807) is 6.07 Å². The molecule has 1 aliphatic rings. The molecule has 1 unspecified atom stereocenters. The highest BCUT2D eigenvalue weighted by molar-refractivity contribution is 6.30. The summed E-state index contributed by atoms with van der Waals surface area (Å²) < 4.78 is 1.98. The van der Waals surface area contributed by atoms with Crippen molar-refractivity contribution >= 4 is 23.2 Å². The van der Waals surface area contributed by atoms with E-state index in [9.17, 15) is 4.79 Å². The topological polar surface area (TPSA) is 60.1 Å². The summed E-state index contributed by atoms with van der Waals surface area (Å²) in [7, 11) is 0. The number of nitrogens with two attached hydrogens (primary N) is 1. The van der Waals surface area contributed by atoms with Crippen LogP contribution in [0.25, 0.3) is 0 Å². The number of hydrogen-bond donors (Lipinski definition) is 2. The number of amides is 1. The molecule has 1 heterocycles. The predicted octanol–water partition coefficient (Wildman–Crippen LogP) is 3.55. The third-order valence-corrected chi connectivity index (χ3v) is 3.97. The zero-order valence-corrected chi connectivity index (χ0v) is 12.6. The maximum absolute atomic E-state index is 12.5. The number of nitrogen functional groups attached to an aromatic ring is 1. The van der Waals surface area contributed by atoms with Crippen LogP contribution in [0.1, 0.15) is 47.9 Å². The lowest BCUT2D eigenvalue weighted by Crippen LogP contribution is -2.28. The monoisotopic (exact) mass is 303 g/mol. The Kier molecular flexibility index (Phi) is 3.64. The minimum Gasteiger partial charge on any atom is -0.397 e. The van der Waals surface area contributed by atoms with Crippen molar-refractivity contribution in [3.8, 4) is 0 Å². The lowest BCUT2D eigenvalue weighted by Gasteiger charge is -2.15. The van der Waals surface area contributed by atoms with Gasteiger partial charge < -0.3 is 15.6 Å². The molecule has 1 aliphatic carbocycles. The molecule has 2 aromatic rings. The lowest BCUT2D eigenvalue weighted by atomic mass is 10.1. The second-order valence-electron chi connectivity index (χ2n) is 5.55. The zero-order valence-electron chi connectivity index (χ0n) is 11.8. The van der Waals surface area contributed by atoms with Crippen LogP contribution in [0.5, 0.6) is 0 Å². The van der Waals surface area contributed by atoms with Gasteiger partial charge in [0.2, 0.25) is 0 Å². The number of hydrogen-bond acceptors (Lipinski definition) is 2. The van der Waals surface area contributed by atoms with Gasteiger partial charge in [-0.2, -0.15) is 0 Å². The van der Waals surface area contributed by atoms with Gasteiger partial charge in [-0.25, -0.2) is 0 Å². The SMILES string of the molecule is CC(NC(=O)c1cc(N)cn1C1CC1)c1cccc(Cl)c1. The Hall–Kier alpha value is -1.94. The van der Waals surface area contributed by atoms with Crippen LogP contribution in [-0.2, 0) is 0 Å². The van der Waals surface area contributed by atoms with E-state index in [1.807, 2.05) is 42.0 Å². The molecular weight excluding hydrogens is 286 g/mol. The summed E-state index contributed by atoms with van der Waals surface area (Å²) in [5.74, 6) is -0.105. The van der Waals surface area contributed by atoms with E-state index in [-0.39, 0.29) is 11.9 Å². The van der Waals surface area contributed by atoms with Crippen LogP contribution in [0.3, 0.4) is 0 Å². The van der Waals surface area contributed by atoms with E-state index >= 15 is 0 Å². The molecule has 1 atom stereocenters. The number of benzene rings is 1. The van der Waals surface area contributed by atoms with Gasteiger partial charge in [0, 0.05) is 17.3 Å². The van der Waals surface area contributed by atoms with Crippen LogP contribution in [0.15, 0.2) is 36.5 Å². The van der Waals surface area contributed by atoms with Crippen molar-refractivity contribution in [3.63, 3.8) is 0 Å².